The average molecular weight is 498 g/mol. The second kappa shape index (κ2) is 9.77. The summed E-state index contributed by atoms with van der Waals surface area (Å²) in [4.78, 5) is 37.8. The minimum atomic E-state index is -0.632. The van der Waals surface area contributed by atoms with E-state index < -0.39 is 12.1 Å². The Labute approximate surface area is 214 Å². The molecule has 4 aromatic rings. The minimum Gasteiger partial charge on any atom is -0.497 e. The Morgan fingerprint density at radius 1 is 1.14 bits per heavy atom. The molecule has 0 unspecified atom stereocenters. The molecule has 2 N–H and O–H groups in total. The van der Waals surface area contributed by atoms with Crippen molar-refractivity contribution in [3.05, 3.63) is 83.0 Å². The van der Waals surface area contributed by atoms with Crippen molar-refractivity contribution in [2.75, 3.05) is 13.7 Å². The highest BCUT2D eigenvalue weighted by atomic mass is 16.5. The van der Waals surface area contributed by atoms with Crippen LogP contribution in [0.2, 0.25) is 0 Å². The van der Waals surface area contributed by atoms with Crippen LogP contribution in [-0.4, -0.2) is 46.7 Å². The largest absolute Gasteiger partial charge is 0.497 e. The number of hydrogen-bond acceptors (Lipinski definition) is 5. The first-order chi connectivity index (χ1) is 17.9. The molecular formula is C28H27N5O4. The molecule has 188 valence electrons. The van der Waals surface area contributed by atoms with Crippen LogP contribution in [0.4, 0.5) is 4.79 Å². The van der Waals surface area contributed by atoms with Gasteiger partial charge in [-0.1, -0.05) is 30.3 Å². The fourth-order valence-corrected chi connectivity index (χ4v) is 4.83. The summed E-state index contributed by atoms with van der Waals surface area (Å²) in [5.74, 6) is 0.484. The Morgan fingerprint density at radius 2 is 1.92 bits per heavy atom. The van der Waals surface area contributed by atoms with E-state index in [0.717, 1.165) is 38.7 Å². The summed E-state index contributed by atoms with van der Waals surface area (Å²) in [7, 11) is 3.46. The Morgan fingerprint density at radius 3 is 2.65 bits per heavy atom. The number of aryl methyl sites for hydroxylation is 2. The smallest absolute Gasteiger partial charge is 0.321 e. The van der Waals surface area contributed by atoms with Crippen LogP contribution in [0.1, 0.15) is 33.1 Å². The van der Waals surface area contributed by atoms with Gasteiger partial charge in [0.25, 0.3) is 5.91 Å². The van der Waals surface area contributed by atoms with E-state index in [2.05, 4.69) is 27.9 Å². The summed E-state index contributed by atoms with van der Waals surface area (Å²) in [6.45, 7) is 2.70. The van der Waals surface area contributed by atoms with Gasteiger partial charge in [-0.3, -0.25) is 19.6 Å². The van der Waals surface area contributed by atoms with Crippen LogP contribution in [0.3, 0.4) is 0 Å². The van der Waals surface area contributed by atoms with Crippen LogP contribution in [0, 0.1) is 6.92 Å². The molecule has 1 aromatic heterocycles. The molecule has 1 aliphatic heterocycles. The normalized spacial score (nSPS) is 13.4. The minimum absolute atomic E-state index is 0.131. The summed E-state index contributed by atoms with van der Waals surface area (Å²) < 4.78 is 7.06. The Hall–Kier alpha value is -4.66. The summed E-state index contributed by atoms with van der Waals surface area (Å²) in [5, 5.41) is 10.5. The van der Waals surface area contributed by atoms with E-state index in [-0.39, 0.29) is 12.5 Å². The summed E-state index contributed by atoms with van der Waals surface area (Å²) in [6, 6.07) is 16.3. The highest BCUT2D eigenvalue weighted by molar-refractivity contribution is 5.98. The zero-order valence-corrected chi connectivity index (χ0v) is 20.8. The molecule has 1 aliphatic rings. The molecule has 0 radical (unpaired) electrons. The van der Waals surface area contributed by atoms with Crippen LogP contribution >= 0.6 is 0 Å². The van der Waals surface area contributed by atoms with Crippen molar-refractivity contribution in [1.82, 2.24) is 25.3 Å². The van der Waals surface area contributed by atoms with Crippen LogP contribution < -0.4 is 15.4 Å². The molecule has 0 saturated carbocycles. The SMILES string of the molecule is COc1ccc2c(c1)C(=O)N(C[C@H](NC(=O)NC=O)c1ccc(-c3cc(C)c4nn(C)cc4c3)cc1)C2. The number of methoxy groups -OCH3 is 1. The second-order valence-corrected chi connectivity index (χ2v) is 9.15. The molecular weight excluding hydrogens is 470 g/mol. The number of ether oxygens (including phenoxy) is 1. The molecule has 0 spiro atoms. The second-order valence-electron chi connectivity index (χ2n) is 9.15. The number of nitrogens with one attached hydrogen (secondary N) is 2. The van der Waals surface area contributed by atoms with Gasteiger partial charge in [0.05, 0.1) is 18.7 Å². The number of imide groups is 1. The molecule has 0 bridgehead atoms. The third-order valence-corrected chi connectivity index (χ3v) is 6.65. The summed E-state index contributed by atoms with van der Waals surface area (Å²) in [6.07, 6.45) is 2.32. The number of carbonyl (C=O) groups excluding carboxylic acids is 3. The van der Waals surface area contributed by atoms with Crippen LogP contribution in [0.15, 0.2) is 60.8 Å². The van der Waals surface area contributed by atoms with Crippen LogP contribution in [0.5, 0.6) is 5.75 Å². The maximum Gasteiger partial charge on any atom is 0.321 e. The van der Waals surface area contributed by atoms with Gasteiger partial charge in [-0.25, -0.2) is 4.79 Å². The number of carbonyl (C=O) groups is 3. The van der Waals surface area contributed by atoms with E-state index in [1.165, 1.54) is 0 Å². The molecule has 4 amide bonds. The lowest BCUT2D eigenvalue weighted by molar-refractivity contribution is -0.108. The van der Waals surface area contributed by atoms with Gasteiger partial charge in [0.15, 0.2) is 0 Å². The number of rotatable bonds is 7. The molecule has 5 rings (SSSR count). The van der Waals surface area contributed by atoms with Gasteiger partial charge < -0.3 is 15.0 Å². The van der Waals surface area contributed by atoms with Gasteiger partial charge in [0.2, 0.25) is 6.41 Å². The summed E-state index contributed by atoms with van der Waals surface area (Å²) >= 11 is 0. The lowest BCUT2D eigenvalue weighted by Crippen LogP contribution is -2.42. The predicted octanol–water partition coefficient (Wildman–Crippen LogP) is 3.71. The Bertz CT molecular complexity index is 1510. The van der Waals surface area contributed by atoms with Crippen molar-refractivity contribution in [1.29, 1.82) is 0 Å². The lowest BCUT2D eigenvalue weighted by Gasteiger charge is -2.25. The van der Waals surface area contributed by atoms with Crippen molar-refractivity contribution < 1.29 is 19.1 Å². The average Bonchev–Trinajstić information content (AvgIpc) is 3.42. The number of urea groups is 1. The van der Waals surface area contributed by atoms with E-state index >= 15 is 0 Å². The van der Waals surface area contributed by atoms with Crippen molar-refractivity contribution in [2.45, 2.75) is 19.5 Å². The van der Waals surface area contributed by atoms with Crippen LogP contribution in [-0.2, 0) is 18.4 Å². The van der Waals surface area contributed by atoms with Crippen molar-refractivity contribution in [3.8, 4) is 16.9 Å². The number of hydrogen-bond donors (Lipinski definition) is 2. The molecule has 9 nitrogen and oxygen atoms in total. The van der Waals surface area contributed by atoms with Crippen molar-refractivity contribution in [3.63, 3.8) is 0 Å². The Balaban J connectivity index is 1.41. The van der Waals surface area contributed by atoms with Gasteiger partial charge in [0, 0.05) is 37.3 Å². The number of benzene rings is 3. The molecule has 0 aliphatic carbocycles. The highest BCUT2D eigenvalue weighted by Gasteiger charge is 2.30. The molecule has 0 saturated heterocycles. The number of aromatic nitrogens is 2. The monoisotopic (exact) mass is 497 g/mol. The number of amides is 4. The first kappa shape index (κ1) is 24.1. The molecule has 1 atom stereocenters. The van der Waals surface area contributed by atoms with E-state index in [9.17, 15) is 14.4 Å². The van der Waals surface area contributed by atoms with Gasteiger partial charge in [0.1, 0.15) is 5.75 Å². The zero-order valence-electron chi connectivity index (χ0n) is 20.8. The molecule has 9 heteroatoms. The molecule has 3 aromatic carbocycles. The van der Waals surface area contributed by atoms with E-state index in [1.807, 2.05) is 56.6 Å². The first-order valence-electron chi connectivity index (χ1n) is 11.9. The van der Waals surface area contributed by atoms with Crippen molar-refractivity contribution in [2.24, 2.45) is 7.05 Å². The topological polar surface area (TPSA) is 106 Å². The molecule has 37 heavy (non-hydrogen) atoms. The number of fused-ring (bicyclic) bond motifs is 2. The maximum atomic E-state index is 13.1. The third-order valence-electron chi connectivity index (χ3n) is 6.65. The first-order valence-corrected chi connectivity index (χ1v) is 11.9. The lowest BCUT2D eigenvalue weighted by atomic mass is 9.98. The fourth-order valence-electron chi connectivity index (χ4n) is 4.83. The standard InChI is InChI=1S/C28H27N5O4/c1-17-10-21(11-22-13-32(2)31-26(17)22)18-4-6-19(7-5-18)25(30-28(36)29-16-34)15-33-14-20-8-9-23(37-3)12-24(20)27(33)35/h4-13,16,25H,14-15H2,1-3H3,(H2,29,30,34,36)/t25-/m0/s1. The van der Waals surface area contributed by atoms with E-state index in [4.69, 9.17) is 4.74 Å². The van der Waals surface area contributed by atoms with E-state index in [0.29, 0.717) is 24.3 Å². The van der Waals surface area contributed by atoms with Gasteiger partial charge in [-0.2, -0.15) is 5.10 Å². The molecule has 0 fully saturated rings. The predicted molar refractivity (Wildman–Crippen MR) is 139 cm³/mol. The molecule has 2 heterocycles. The fraction of sp³-hybridized carbons (Fsp3) is 0.214. The van der Waals surface area contributed by atoms with Crippen molar-refractivity contribution >= 4 is 29.3 Å². The third kappa shape index (κ3) is 4.75. The van der Waals surface area contributed by atoms with Gasteiger partial charge >= 0.3 is 6.03 Å². The number of nitrogens with zero attached hydrogens (tertiary/aromatic N) is 3. The zero-order chi connectivity index (χ0) is 26.1. The van der Waals surface area contributed by atoms with E-state index in [1.54, 1.807) is 22.8 Å². The maximum absolute atomic E-state index is 13.1. The van der Waals surface area contributed by atoms with Crippen LogP contribution in [0.25, 0.3) is 22.0 Å². The quantitative estimate of drug-likeness (QED) is 0.379. The summed E-state index contributed by atoms with van der Waals surface area (Å²) in [5.41, 5.74) is 6.45. The van der Waals surface area contributed by atoms with Gasteiger partial charge in [-0.15, -0.1) is 0 Å². The highest BCUT2D eigenvalue weighted by Crippen LogP contribution is 2.30. The van der Waals surface area contributed by atoms with Gasteiger partial charge in [-0.05, 0) is 59.0 Å². The Kier molecular flexibility index (Phi) is 6.35.